The molecule has 2 aromatic carbocycles. The van der Waals surface area contributed by atoms with E-state index in [0.717, 1.165) is 12.0 Å². The van der Waals surface area contributed by atoms with Crippen molar-refractivity contribution in [1.29, 1.82) is 0 Å². The molecule has 0 aliphatic heterocycles. The zero-order chi connectivity index (χ0) is 23.8. The van der Waals surface area contributed by atoms with Gasteiger partial charge in [-0.05, 0) is 49.1 Å². The Hall–Kier alpha value is -3.68. The molecular weight excluding hydrogens is 410 g/mol. The van der Waals surface area contributed by atoms with Crippen LogP contribution in [0.1, 0.15) is 62.9 Å². The normalized spacial score (nSPS) is 12.3. The maximum absolute atomic E-state index is 12.7. The number of rotatable bonds is 8. The van der Waals surface area contributed by atoms with Gasteiger partial charge in [0.15, 0.2) is 6.10 Å². The third-order valence-corrected chi connectivity index (χ3v) is 4.82. The Kier molecular flexibility index (Phi) is 8.52. The van der Waals surface area contributed by atoms with Crippen molar-refractivity contribution >= 4 is 40.8 Å². The van der Waals surface area contributed by atoms with Crippen LogP contribution in [0.15, 0.2) is 42.5 Å². The molecule has 0 aliphatic carbocycles. The van der Waals surface area contributed by atoms with Crippen LogP contribution in [0.5, 0.6) is 0 Å². The fraction of sp³-hybridized carbons (Fsp3) is 0.333. The van der Waals surface area contributed by atoms with E-state index in [1.54, 1.807) is 0 Å². The van der Waals surface area contributed by atoms with Crippen LogP contribution in [0, 0.1) is 0 Å². The molecular formula is C24H29N3O5. The van der Waals surface area contributed by atoms with Crippen LogP contribution >= 0.6 is 0 Å². The van der Waals surface area contributed by atoms with Gasteiger partial charge in [0.05, 0.1) is 5.56 Å². The average molecular weight is 440 g/mol. The molecule has 8 nitrogen and oxygen atoms in total. The molecule has 0 fully saturated rings. The molecule has 0 unspecified atom stereocenters. The number of esters is 1. The first kappa shape index (κ1) is 24.6. The minimum atomic E-state index is -1.07. The van der Waals surface area contributed by atoms with Crippen LogP contribution in [-0.2, 0) is 19.1 Å². The first-order valence-corrected chi connectivity index (χ1v) is 10.4. The molecule has 8 heteroatoms. The Balaban J connectivity index is 2.17. The van der Waals surface area contributed by atoms with Gasteiger partial charge in [0, 0.05) is 30.9 Å². The fourth-order valence-corrected chi connectivity index (χ4v) is 3.07. The summed E-state index contributed by atoms with van der Waals surface area (Å²) in [5.41, 5.74) is 2.39. The minimum absolute atomic E-state index is 0.0830. The van der Waals surface area contributed by atoms with Crippen molar-refractivity contribution in [3.05, 3.63) is 53.6 Å². The number of nitrogens with one attached hydrogen (secondary N) is 3. The van der Waals surface area contributed by atoms with Crippen LogP contribution in [0.2, 0.25) is 0 Å². The number of carbonyl (C=O) groups excluding carboxylic acids is 4. The Bertz CT molecular complexity index is 984. The zero-order valence-corrected chi connectivity index (χ0v) is 18.9. The van der Waals surface area contributed by atoms with E-state index in [-0.39, 0.29) is 23.3 Å². The Labute approximate surface area is 187 Å². The summed E-state index contributed by atoms with van der Waals surface area (Å²) in [6.07, 6.45) is -0.153. The second kappa shape index (κ2) is 11.1. The van der Waals surface area contributed by atoms with E-state index in [1.807, 2.05) is 24.3 Å². The summed E-state index contributed by atoms with van der Waals surface area (Å²) in [7, 11) is 0. The highest BCUT2D eigenvalue weighted by Gasteiger charge is 2.21. The first-order chi connectivity index (χ1) is 15.1. The molecule has 0 aliphatic rings. The van der Waals surface area contributed by atoms with Crippen LogP contribution in [0.25, 0.3) is 0 Å². The van der Waals surface area contributed by atoms with Gasteiger partial charge in [-0.15, -0.1) is 0 Å². The fourth-order valence-electron chi connectivity index (χ4n) is 3.07. The van der Waals surface area contributed by atoms with E-state index in [1.165, 1.54) is 39.0 Å². The predicted molar refractivity (Wildman–Crippen MR) is 124 cm³/mol. The molecule has 32 heavy (non-hydrogen) atoms. The van der Waals surface area contributed by atoms with Crippen molar-refractivity contribution in [3.63, 3.8) is 0 Å². The van der Waals surface area contributed by atoms with Gasteiger partial charge in [-0.2, -0.15) is 0 Å². The van der Waals surface area contributed by atoms with Gasteiger partial charge in [-0.25, -0.2) is 4.79 Å². The molecule has 0 radical (unpaired) electrons. The number of hydrogen-bond donors (Lipinski definition) is 3. The van der Waals surface area contributed by atoms with Gasteiger partial charge >= 0.3 is 5.97 Å². The number of ether oxygens (including phenoxy) is 1. The molecule has 3 N–H and O–H groups in total. The van der Waals surface area contributed by atoms with Crippen molar-refractivity contribution in [1.82, 2.24) is 0 Å². The zero-order valence-electron chi connectivity index (χ0n) is 18.9. The van der Waals surface area contributed by atoms with Crippen molar-refractivity contribution in [2.24, 2.45) is 0 Å². The Morgan fingerprint density at radius 3 is 1.97 bits per heavy atom. The van der Waals surface area contributed by atoms with Gasteiger partial charge in [-0.1, -0.05) is 32.0 Å². The van der Waals surface area contributed by atoms with Gasteiger partial charge in [-0.3, -0.25) is 14.4 Å². The summed E-state index contributed by atoms with van der Waals surface area (Å²) in [6, 6.07) is 11.9. The molecule has 0 saturated carbocycles. The molecule has 170 valence electrons. The van der Waals surface area contributed by atoms with Gasteiger partial charge < -0.3 is 20.7 Å². The van der Waals surface area contributed by atoms with E-state index < -0.39 is 18.0 Å². The molecule has 2 rings (SSSR count). The average Bonchev–Trinajstić information content (AvgIpc) is 2.72. The summed E-state index contributed by atoms with van der Waals surface area (Å²) in [6.45, 7) is 8.27. The quantitative estimate of drug-likeness (QED) is 0.531. The van der Waals surface area contributed by atoms with E-state index in [4.69, 9.17) is 4.74 Å². The lowest BCUT2D eigenvalue weighted by Gasteiger charge is -2.18. The molecule has 0 aromatic heterocycles. The van der Waals surface area contributed by atoms with E-state index in [9.17, 15) is 19.2 Å². The topological polar surface area (TPSA) is 114 Å². The van der Waals surface area contributed by atoms with E-state index in [2.05, 4.69) is 29.8 Å². The Morgan fingerprint density at radius 2 is 1.44 bits per heavy atom. The highest BCUT2D eigenvalue weighted by Crippen LogP contribution is 2.27. The van der Waals surface area contributed by atoms with Crippen LogP contribution in [-0.4, -0.2) is 29.8 Å². The lowest BCUT2D eigenvalue weighted by Crippen LogP contribution is -2.30. The Morgan fingerprint density at radius 1 is 0.875 bits per heavy atom. The predicted octanol–water partition coefficient (Wildman–Crippen LogP) is 4.30. The van der Waals surface area contributed by atoms with Gasteiger partial charge in [0.25, 0.3) is 5.91 Å². The van der Waals surface area contributed by atoms with Gasteiger partial charge in [0.1, 0.15) is 0 Å². The van der Waals surface area contributed by atoms with E-state index in [0.29, 0.717) is 17.1 Å². The highest BCUT2D eigenvalue weighted by molar-refractivity contribution is 6.00. The maximum Gasteiger partial charge on any atom is 0.339 e. The van der Waals surface area contributed by atoms with Crippen molar-refractivity contribution in [3.8, 4) is 0 Å². The largest absolute Gasteiger partial charge is 0.449 e. The summed E-state index contributed by atoms with van der Waals surface area (Å²) < 4.78 is 5.34. The third-order valence-electron chi connectivity index (χ3n) is 4.82. The second-order valence-electron chi connectivity index (χ2n) is 7.59. The first-order valence-electron chi connectivity index (χ1n) is 10.4. The molecule has 2 atom stereocenters. The third kappa shape index (κ3) is 6.94. The number of carbonyl (C=O) groups is 4. The lowest BCUT2D eigenvalue weighted by atomic mass is 9.97. The van der Waals surface area contributed by atoms with Crippen LogP contribution in [0.4, 0.5) is 17.1 Å². The standard InChI is InChI=1S/C24H29N3O5/c1-6-14(2)21-9-7-8-10-22(21)27-23(30)15(3)32-24(31)18-11-19(25-16(4)28)13-20(12-18)26-17(5)29/h7-15H,6H2,1-5H3,(H,25,28)(H,26,29)(H,27,30)/t14-,15-/m0/s1. The number of para-hydroxylation sites is 1. The molecule has 0 bridgehead atoms. The van der Waals surface area contributed by atoms with Gasteiger partial charge in [0.2, 0.25) is 11.8 Å². The molecule has 0 heterocycles. The number of amides is 3. The number of anilines is 3. The van der Waals surface area contributed by atoms with E-state index >= 15 is 0 Å². The SMILES string of the molecule is CC[C@H](C)c1ccccc1NC(=O)[C@H](C)OC(=O)c1cc(NC(C)=O)cc(NC(C)=O)c1. The summed E-state index contributed by atoms with van der Waals surface area (Å²) in [5.74, 6) is -1.64. The summed E-state index contributed by atoms with van der Waals surface area (Å²) in [5, 5.41) is 7.96. The monoisotopic (exact) mass is 439 g/mol. The maximum atomic E-state index is 12.7. The second-order valence-corrected chi connectivity index (χ2v) is 7.59. The van der Waals surface area contributed by atoms with Crippen molar-refractivity contribution < 1.29 is 23.9 Å². The molecule has 3 amide bonds. The van der Waals surface area contributed by atoms with Crippen LogP contribution < -0.4 is 16.0 Å². The molecule has 2 aromatic rings. The van der Waals surface area contributed by atoms with Crippen LogP contribution in [0.3, 0.4) is 0 Å². The van der Waals surface area contributed by atoms with Crippen molar-refractivity contribution in [2.45, 2.75) is 53.1 Å². The molecule has 0 saturated heterocycles. The number of hydrogen-bond acceptors (Lipinski definition) is 5. The summed E-state index contributed by atoms with van der Waals surface area (Å²) >= 11 is 0. The highest BCUT2D eigenvalue weighted by atomic mass is 16.5. The van der Waals surface area contributed by atoms with Crippen molar-refractivity contribution in [2.75, 3.05) is 16.0 Å². The molecule has 0 spiro atoms. The lowest BCUT2D eigenvalue weighted by molar-refractivity contribution is -0.123. The smallest absolute Gasteiger partial charge is 0.339 e. The minimum Gasteiger partial charge on any atom is -0.449 e. The summed E-state index contributed by atoms with van der Waals surface area (Å²) in [4.78, 5) is 48.1. The number of benzene rings is 2.